The first kappa shape index (κ1) is 15.5. The Kier molecular flexibility index (Phi) is 5.33. The van der Waals surface area contributed by atoms with Crippen molar-refractivity contribution < 1.29 is 14.7 Å². The summed E-state index contributed by atoms with van der Waals surface area (Å²) < 4.78 is 0. The first-order chi connectivity index (χ1) is 10.1. The van der Waals surface area contributed by atoms with Gasteiger partial charge in [0.2, 0.25) is 0 Å². The highest BCUT2D eigenvalue weighted by Crippen LogP contribution is 2.18. The van der Waals surface area contributed by atoms with Crippen LogP contribution in [0.1, 0.15) is 43.0 Å². The van der Waals surface area contributed by atoms with E-state index in [0.29, 0.717) is 17.8 Å². The number of nitrogens with one attached hydrogen (secondary N) is 1. The minimum atomic E-state index is -0.211. The fourth-order valence-corrected chi connectivity index (χ4v) is 2.65. The molecule has 0 spiro atoms. The Bertz CT molecular complexity index is 516. The molecular formula is C16H22N2O3. The van der Waals surface area contributed by atoms with Crippen LogP contribution in [-0.2, 0) is 0 Å². The zero-order chi connectivity index (χ0) is 15.2. The Balaban J connectivity index is 2.08. The topological polar surface area (TPSA) is 69.6 Å². The van der Waals surface area contributed by atoms with Crippen LogP contribution in [0.4, 0.5) is 10.5 Å². The number of aliphatic hydroxyl groups is 1. The smallest absolute Gasteiger partial charge is 0.322 e. The van der Waals surface area contributed by atoms with Gasteiger partial charge in [-0.3, -0.25) is 4.79 Å². The molecule has 2 amide bonds. The average Bonchev–Trinajstić information content (AvgIpc) is 2.72. The van der Waals surface area contributed by atoms with Gasteiger partial charge in [-0.05, 0) is 31.9 Å². The van der Waals surface area contributed by atoms with Crippen LogP contribution in [0.15, 0.2) is 24.3 Å². The highest BCUT2D eigenvalue weighted by atomic mass is 16.3. The van der Waals surface area contributed by atoms with E-state index in [9.17, 15) is 14.7 Å². The van der Waals surface area contributed by atoms with E-state index in [1.54, 1.807) is 29.2 Å². The number of carbonyl (C=O) groups is 2. The number of aliphatic hydroxyl groups excluding tert-OH is 1. The zero-order valence-corrected chi connectivity index (χ0v) is 12.3. The maximum atomic E-state index is 12.4. The maximum Gasteiger partial charge on any atom is 0.322 e. The number of carbonyl (C=O) groups excluding carboxylic acids is 2. The number of ketones is 1. The van der Waals surface area contributed by atoms with Crippen LogP contribution in [-0.4, -0.2) is 41.0 Å². The van der Waals surface area contributed by atoms with E-state index >= 15 is 0 Å². The summed E-state index contributed by atoms with van der Waals surface area (Å²) in [7, 11) is 0. The molecule has 1 aliphatic rings. The van der Waals surface area contributed by atoms with E-state index in [4.69, 9.17) is 0 Å². The molecule has 1 saturated heterocycles. The summed E-state index contributed by atoms with van der Waals surface area (Å²) in [6, 6.07) is 6.57. The lowest BCUT2D eigenvalue weighted by atomic mass is 10.1. The fraction of sp³-hybridized carbons (Fsp3) is 0.500. The number of hydrogen-bond donors (Lipinski definition) is 2. The van der Waals surface area contributed by atoms with E-state index in [2.05, 4.69) is 5.32 Å². The number of benzene rings is 1. The third kappa shape index (κ3) is 4.04. The normalized spacial score (nSPS) is 19.0. The lowest BCUT2D eigenvalue weighted by Crippen LogP contribution is -2.44. The van der Waals surface area contributed by atoms with Crippen molar-refractivity contribution in [1.82, 2.24) is 4.90 Å². The van der Waals surface area contributed by atoms with Crippen molar-refractivity contribution in [3.63, 3.8) is 0 Å². The predicted molar refractivity (Wildman–Crippen MR) is 81.5 cm³/mol. The molecule has 5 heteroatoms. The monoisotopic (exact) mass is 290 g/mol. The quantitative estimate of drug-likeness (QED) is 0.841. The Hall–Kier alpha value is -1.88. The predicted octanol–water partition coefficient (Wildman–Crippen LogP) is 2.66. The summed E-state index contributed by atoms with van der Waals surface area (Å²) >= 11 is 0. The van der Waals surface area contributed by atoms with Crippen molar-refractivity contribution in [1.29, 1.82) is 0 Å². The minimum absolute atomic E-state index is 0.0130. The van der Waals surface area contributed by atoms with Gasteiger partial charge in [0, 0.05) is 17.8 Å². The number of urea groups is 1. The number of nitrogens with zero attached hydrogens (tertiary/aromatic N) is 1. The van der Waals surface area contributed by atoms with E-state index in [1.807, 2.05) is 0 Å². The molecule has 1 aromatic carbocycles. The fourth-order valence-electron chi connectivity index (χ4n) is 2.65. The second-order valence-electron chi connectivity index (χ2n) is 5.45. The van der Waals surface area contributed by atoms with Crippen molar-refractivity contribution in [2.75, 3.05) is 18.5 Å². The van der Waals surface area contributed by atoms with Crippen molar-refractivity contribution in [2.24, 2.45) is 0 Å². The molecule has 1 fully saturated rings. The summed E-state index contributed by atoms with van der Waals surface area (Å²) in [4.78, 5) is 25.5. The van der Waals surface area contributed by atoms with Crippen LogP contribution in [0.25, 0.3) is 0 Å². The third-order valence-corrected chi connectivity index (χ3v) is 3.87. The summed E-state index contributed by atoms with van der Waals surface area (Å²) in [5.41, 5.74) is 1.18. The molecule has 1 atom stereocenters. The van der Waals surface area contributed by atoms with Crippen molar-refractivity contribution in [3.05, 3.63) is 29.8 Å². The molecule has 5 nitrogen and oxygen atoms in total. The van der Waals surface area contributed by atoms with Gasteiger partial charge in [-0.2, -0.15) is 0 Å². The Labute approximate surface area is 125 Å². The first-order valence-corrected chi connectivity index (χ1v) is 7.41. The number of anilines is 1. The zero-order valence-electron chi connectivity index (χ0n) is 12.3. The molecule has 1 aromatic rings. The van der Waals surface area contributed by atoms with E-state index < -0.39 is 0 Å². The number of Topliss-reactive ketones (excluding diaryl/α,β-unsaturated/α-hetero) is 1. The average molecular weight is 290 g/mol. The summed E-state index contributed by atoms with van der Waals surface area (Å²) in [6.07, 6.45) is 3.91. The van der Waals surface area contributed by atoms with Crippen molar-refractivity contribution in [2.45, 2.75) is 38.6 Å². The molecule has 0 aliphatic carbocycles. The van der Waals surface area contributed by atoms with Gasteiger partial charge in [-0.1, -0.05) is 25.0 Å². The number of hydrogen-bond acceptors (Lipinski definition) is 3. The highest BCUT2D eigenvalue weighted by molar-refractivity contribution is 5.96. The van der Waals surface area contributed by atoms with Crippen LogP contribution in [0.5, 0.6) is 0 Å². The highest BCUT2D eigenvalue weighted by Gasteiger charge is 2.24. The maximum absolute atomic E-state index is 12.4. The van der Waals surface area contributed by atoms with Gasteiger partial charge in [0.1, 0.15) is 0 Å². The molecule has 1 heterocycles. The molecule has 0 bridgehead atoms. The SMILES string of the molecule is CC(=O)c1cccc(NC(=O)N2CCCCCC2CO)c1. The Morgan fingerprint density at radius 1 is 1.33 bits per heavy atom. The van der Waals surface area contributed by atoms with Gasteiger partial charge < -0.3 is 15.3 Å². The largest absolute Gasteiger partial charge is 0.394 e. The number of rotatable bonds is 3. The van der Waals surface area contributed by atoms with Crippen LogP contribution in [0.3, 0.4) is 0 Å². The third-order valence-electron chi connectivity index (χ3n) is 3.87. The molecule has 0 radical (unpaired) electrons. The number of amides is 2. The molecule has 2 rings (SSSR count). The second kappa shape index (κ2) is 7.22. The first-order valence-electron chi connectivity index (χ1n) is 7.41. The van der Waals surface area contributed by atoms with E-state index in [1.165, 1.54) is 6.92 Å². The lowest BCUT2D eigenvalue weighted by molar-refractivity contribution is 0.101. The van der Waals surface area contributed by atoms with E-state index in [-0.39, 0.29) is 24.5 Å². The standard InChI is InChI=1S/C16H22N2O3/c1-12(20)13-6-5-7-14(10-13)17-16(21)18-9-4-2-3-8-15(18)11-19/h5-7,10,15,19H,2-4,8-9,11H2,1H3,(H,17,21). The Morgan fingerprint density at radius 2 is 2.14 bits per heavy atom. The molecule has 2 N–H and O–H groups in total. The van der Waals surface area contributed by atoms with Crippen molar-refractivity contribution in [3.8, 4) is 0 Å². The van der Waals surface area contributed by atoms with Crippen LogP contribution in [0.2, 0.25) is 0 Å². The summed E-state index contributed by atoms with van der Waals surface area (Å²) in [6.45, 7) is 2.14. The summed E-state index contributed by atoms with van der Waals surface area (Å²) in [5, 5.41) is 12.3. The molecule has 21 heavy (non-hydrogen) atoms. The molecule has 1 aliphatic heterocycles. The van der Waals surface area contributed by atoms with Gasteiger partial charge >= 0.3 is 6.03 Å². The minimum Gasteiger partial charge on any atom is -0.394 e. The summed E-state index contributed by atoms with van der Waals surface area (Å²) in [5.74, 6) is -0.0332. The van der Waals surface area contributed by atoms with Gasteiger partial charge in [-0.15, -0.1) is 0 Å². The lowest BCUT2D eigenvalue weighted by Gasteiger charge is -2.28. The van der Waals surface area contributed by atoms with Gasteiger partial charge in [0.05, 0.1) is 12.6 Å². The molecule has 0 aromatic heterocycles. The van der Waals surface area contributed by atoms with Gasteiger partial charge in [0.25, 0.3) is 0 Å². The second-order valence-corrected chi connectivity index (χ2v) is 5.45. The molecule has 1 unspecified atom stereocenters. The van der Waals surface area contributed by atoms with Gasteiger partial charge in [-0.25, -0.2) is 4.79 Å². The van der Waals surface area contributed by atoms with Crippen LogP contribution < -0.4 is 5.32 Å². The number of likely N-dealkylation sites (tertiary alicyclic amines) is 1. The van der Waals surface area contributed by atoms with Crippen molar-refractivity contribution >= 4 is 17.5 Å². The Morgan fingerprint density at radius 3 is 2.86 bits per heavy atom. The van der Waals surface area contributed by atoms with Crippen LogP contribution >= 0.6 is 0 Å². The molecule has 0 saturated carbocycles. The van der Waals surface area contributed by atoms with E-state index in [0.717, 1.165) is 25.7 Å². The van der Waals surface area contributed by atoms with Gasteiger partial charge in [0.15, 0.2) is 5.78 Å². The molecule has 114 valence electrons. The van der Waals surface area contributed by atoms with Crippen LogP contribution in [0, 0.1) is 0 Å². The molecular weight excluding hydrogens is 268 g/mol.